The van der Waals surface area contributed by atoms with Crippen molar-refractivity contribution in [1.82, 2.24) is 4.57 Å². The van der Waals surface area contributed by atoms with Gasteiger partial charge in [-0.25, -0.2) is 0 Å². The van der Waals surface area contributed by atoms with Gasteiger partial charge in [0, 0.05) is 5.69 Å². The molecule has 0 amide bonds. The fourth-order valence-corrected chi connectivity index (χ4v) is 3.15. The van der Waals surface area contributed by atoms with E-state index in [1.807, 2.05) is 47.9 Å². The summed E-state index contributed by atoms with van der Waals surface area (Å²) in [6.45, 7) is 4.14. The molecule has 0 N–H and O–H groups in total. The van der Waals surface area contributed by atoms with Gasteiger partial charge in [-0.3, -0.25) is 9.36 Å². The lowest BCUT2D eigenvalue weighted by Crippen LogP contribution is -2.23. The van der Waals surface area contributed by atoms with Crippen LogP contribution in [0.15, 0.2) is 53.3 Å². The monoisotopic (exact) mass is 311 g/mol. The molecule has 2 aromatic carbocycles. The van der Waals surface area contributed by atoms with Gasteiger partial charge in [-0.15, -0.1) is 0 Å². The minimum atomic E-state index is -0.0409. The van der Waals surface area contributed by atoms with E-state index >= 15 is 0 Å². The summed E-state index contributed by atoms with van der Waals surface area (Å²) < 4.78 is 1.81. The van der Waals surface area contributed by atoms with E-state index in [0.717, 1.165) is 35.2 Å². The number of rotatable bonds is 3. The topological polar surface area (TPSA) is 22.0 Å². The maximum atomic E-state index is 13.1. The van der Waals surface area contributed by atoms with Crippen LogP contribution in [0.25, 0.3) is 16.5 Å². The molecule has 0 spiro atoms. The highest BCUT2D eigenvalue weighted by Gasteiger charge is 2.13. The molecule has 0 fully saturated rings. The highest BCUT2D eigenvalue weighted by molar-refractivity contribution is 6.35. The lowest BCUT2D eigenvalue weighted by molar-refractivity contribution is 0.814. The van der Waals surface area contributed by atoms with Gasteiger partial charge in [0.1, 0.15) is 0 Å². The zero-order valence-corrected chi connectivity index (χ0v) is 13.5. The summed E-state index contributed by atoms with van der Waals surface area (Å²) in [6, 6.07) is 15.6. The summed E-state index contributed by atoms with van der Waals surface area (Å²) in [6.07, 6.45) is 1.84. The van der Waals surface area contributed by atoms with Gasteiger partial charge in [0.2, 0.25) is 0 Å². The largest absolute Gasteiger partial charge is 0.280 e. The average Bonchev–Trinajstić information content (AvgIpc) is 2.49. The van der Waals surface area contributed by atoms with Gasteiger partial charge < -0.3 is 0 Å². The smallest absolute Gasteiger partial charge is 0.264 e. The van der Waals surface area contributed by atoms with Crippen LogP contribution in [0.1, 0.15) is 24.6 Å². The van der Waals surface area contributed by atoms with Crippen molar-refractivity contribution in [2.45, 2.75) is 26.7 Å². The van der Waals surface area contributed by atoms with Gasteiger partial charge >= 0.3 is 0 Å². The Hall–Kier alpha value is -2.06. The van der Waals surface area contributed by atoms with Gasteiger partial charge in [-0.1, -0.05) is 55.3 Å². The quantitative estimate of drug-likeness (QED) is 0.674. The maximum absolute atomic E-state index is 13.1. The van der Waals surface area contributed by atoms with E-state index in [1.165, 1.54) is 0 Å². The zero-order chi connectivity index (χ0) is 15.7. The van der Waals surface area contributed by atoms with E-state index in [9.17, 15) is 4.79 Å². The highest BCUT2D eigenvalue weighted by Crippen LogP contribution is 2.24. The Labute approximate surface area is 135 Å². The van der Waals surface area contributed by atoms with Crippen LogP contribution in [-0.4, -0.2) is 4.57 Å². The van der Waals surface area contributed by atoms with Crippen molar-refractivity contribution in [1.29, 1.82) is 0 Å². The van der Waals surface area contributed by atoms with Crippen molar-refractivity contribution in [3.63, 3.8) is 0 Å². The maximum Gasteiger partial charge on any atom is 0.264 e. The molecule has 0 unspecified atom stereocenters. The molecule has 3 heteroatoms. The first kappa shape index (κ1) is 14.9. The van der Waals surface area contributed by atoms with Crippen molar-refractivity contribution >= 4 is 22.4 Å². The van der Waals surface area contributed by atoms with Crippen LogP contribution < -0.4 is 5.56 Å². The SMILES string of the molecule is CCCc1cc2cccc(Cl)c2c(=O)n1-c1ccccc1C. The average molecular weight is 312 g/mol. The molecular weight excluding hydrogens is 294 g/mol. The van der Waals surface area contributed by atoms with Gasteiger partial charge in [-0.2, -0.15) is 0 Å². The fraction of sp³-hybridized carbons (Fsp3) is 0.211. The Balaban J connectivity index is 2.44. The first-order valence-electron chi connectivity index (χ1n) is 7.52. The molecular formula is C19H18ClNO. The molecule has 112 valence electrons. The lowest BCUT2D eigenvalue weighted by atomic mass is 10.1. The van der Waals surface area contributed by atoms with Crippen LogP contribution in [0.4, 0.5) is 0 Å². The molecule has 0 aliphatic carbocycles. The second-order valence-electron chi connectivity index (χ2n) is 5.52. The Bertz CT molecular complexity index is 896. The molecule has 0 aliphatic rings. The summed E-state index contributed by atoms with van der Waals surface area (Å²) in [4.78, 5) is 13.1. The van der Waals surface area contributed by atoms with E-state index < -0.39 is 0 Å². The Morgan fingerprint density at radius 2 is 1.86 bits per heavy atom. The predicted octanol–water partition coefficient (Wildman–Crippen LogP) is 4.91. The summed E-state index contributed by atoms with van der Waals surface area (Å²) in [5, 5.41) is 2.01. The van der Waals surface area contributed by atoms with E-state index in [2.05, 4.69) is 13.0 Å². The van der Waals surface area contributed by atoms with Crippen LogP contribution >= 0.6 is 11.6 Å². The van der Waals surface area contributed by atoms with Crippen molar-refractivity contribution in [3.05, 3.63) is 75.2 Å². The molecule has 0 atom stereocenters. The predicted molar refractivity (Wildman–Crippen MR) is 93.3 cm³/mol. The number of halogens is 1. The molecule has 0 saturated carbocycles. The number of benzene rings is 2. The number of aryl methyl sites for hydroxylation is 2. The second-order valence-corrected chi connectivity index (χ2v) is 5.92. The van der Waals surface area contributed by atoms with Crippen LogP contribution in [0.5, 0.6) is 0 Å². The van der Waals surface area contributed by atoms with Crippen LogP contribution in [0.2, 0.25) is 5.02 Å². The minimum Gasteiger partial charge on any atom is -0.280 e. The first-order chi connectivity index (χ1) is 10.6. The molecule has 1 aromatic heterocycles. The number of hydrogen-bond donors (Lipinski definition) is 0. The van der Waals surface area contributed by atoms with Gasteiger partial charge in [0.15, 0.2) is 0 Å². The van der Waals surface area contributed by atoms with Crippen LogP contribution in [0, 0.1) is 6.92 Å². The summed E-state index contributed by atoms with van der Waals surface area (Å²) >= 11 is 6.28. The Morgan fingerprint density at radius 3 is 2.59 bits per heavy atom. The number of fused-ring (bicyclic) bond motifs is 1. The lowest BCUT2D eigenvalue weighted by Gasteiger charge is -2.16. The molecule has 2 nitrogen and oxygen atoms in total. The Kier molecular flexibility index (Phi) is 4.04. The number of hydrogen-bond acceptors (Lipinski definition) is 1. The number of para-hydroxylation sites is 1. The molecule has 0 bridgehead atoms. The van der Waals surface area contributed by atoms with Crippen molar-refractivity contribution < 1.29 is 0 Å². The number of aromatic nitrogens is 1. The van der Waals surface area contributed by atoms with Crippen LogP contribution in [-0.2, 0) is 6.42 Å². The first-order valence-corrected chi connectivity index (χ1v) is 7.90. The molecule has 3 aromatic rings. The molecule has 0 radical (unpaired) electrons. The number of pyridine rings is 1. The zero-order valence-electron chi connectivity index (χ0n) is 12.8. The highest BCUT2D eigenvalue weighted by atomic mass is 35.5. The van der Waals surface area contributed by atoms with E-state index in [1.54, 1.807) is 6.07 Å². The third-order valence-electron chi connectivity index (χ3n) is 3.93. The molecule has 3 rings (SSSR count). The normalized spacial score (nSPS) is 11.0. The number of nitrogens with zero attached hydrogens (tertiary/aromatic N) is 1. The molecule has 1 heterocycles. The van der Waals surface area contributed by atoms with Crippen molar-refractivity contribution in [3.8, 4) is 5.69 Å². The van der Waals surface area contributed by atoms with Gasteiger partial charge in [-0.05, 0) is 42.5 Å². The van der Waals surface area contributed by atoms with Gasteiger partial charge in [0.25, 0.3) is 5.56 Å². The van der Waals surface area contributed by atoms with E-state index in [0.29, 0.717) is 10.4 Å². The summed E-state index contributed by atoms with van der Waals surface area (Å²) in [5.74, 6) is 0. The van der Waals surface area contributed by atoms with E-state index in [-0.39, 0.29) is 5.56 Å². The second kappa shape index (κ2) is 5.98. The third-order valence-corrected chi connectivity index (χ3v) is 4.25. The molecule has 0 saturated heterocycles. The van der Waals surface area contributed by atoms with Crippen molar-refractivity contribution in [2.75, 3.05) is 0 Å². The molecule has 0 aliphatic heterocycles. The van der Waals surface area contributed by atoms with Crippen LogP contribution in [0.3, 0.4) is 0 Å². The van der Waals surface area contributed by atoms with Gasteiger partial charge in [0.05, 0.1) is 16.1 Å². The molecule has 22 heavy (non-hydrogen) atoms. The third kappa shape index (κ3) is 2.44. The summed E-state index contributed by atoms with van der Waals surface area (Å²) in [5.41, 5.74) is 2.99. The van der Waals surface area contributed by atoms with E-state index in [4.69, 9.17) is 11.6 Å². The van der Waals surface area contributed by atoms with Crippen molar-refractivity contribution in [2.24, 2.45) is 0 Å². The minimum absolute atomic E-state index is 0.0409. The Morgan fingerprint density at radius 1 is 1.09 bits per heavy atom. The standard InChI is InChI=1S/C19H18ClNO/c1-3-7-15-12-14-9-6-10-16(20)18(14)19(22)21(15)17-11-5-4-8-13(17)2/h4-6,8-12H,3,7H2,1-2H3. The fourth-order valence-electron chi connectivity index (χ4n) is 2.89. The summed E-state index contributed by atoms with van der Waals surface area (Å²) in [7, 11) is 0.